The Morgan fingerprint density at radius 3 is 3.00 bits per heavy atom. The van der Waals surface area contributed by atoms with Crippen molar-refractivity contribution >= 4 is 29.7 Å². The van der Waals surface area contributed by atoms with Crippen LogP contribution < -0.4 is 10.6 Å². The quantitative estimate of drug-likeness (QED) is 0.620. The molecule has 25 heavy (non-hydrogen) atoms. The Labute approximate surface area is 149 Å². The fourth-order valence-corrected chi connectivity index (χ4v) is 2.63. The maximum Gasteiger partial charge on any atom is 0.306 e. The molecule has 0 spiro atoms. The van der Waals surface area contributed by atoms with Gasteiger partial charge in [-0.15, -0.1) is 12.4 Å². The molecule has 2 heterocycles. The van der Waals surface area contributed by atoms with Crippen molar-refractivity contribution in [3.63, 3.8) is 0 Å². The average molecular weight is 370 g/mol. The zero-order valence-electron chi connectivity index (χ0n) is 13.2. The summed E-state index contributed by atoms with van der Waals surface area (Å²) in [4.78, 5) is 22.0. The summed E-state index contributed by atoms with van der Waals surface area (Å²) < 4.78 is 15.7. The number of halogens is 2. The van der Waals surface area contributed by atoms with Gasteiger partial charge in [0.05, 0.1) is 10.6 Å². The number of fused-ring (bicyclic) bond motifs is 1. The number of carbonyl (C=O) groups excluding carboxylic acids is 1. The molecule has 0 aliphatic carbocycles. The molecular weight excluding hydrogens is 353 g/mol. The Morgan fingerprint density at radius 2 is 2.28 bits per heavy atom. The van der Waals surface area contributed by atoms with Crippen LogP contribution in [0.25, 0.3) is 0 Å². The van der Waals surface area contributed by atoms with Crippen LogP contribution in [0.2, 0.25) is 0 Å². The van der Waals surface area contributed by atoms with Gasteiger partial charge in [0, 0.05) is 19.5 Å². The number of carbonyl (C=O) groups is 1. The summed E-state index contributed by atoms with van der Waals surface area (Å²) in [6.07, 6.45) is 2.99. The maximum absolute atomic E-state index is 14.4. The first-order valence-corrected chi connectivity index (χ1v) is 7.52. The summed E-state index contributed by atoms with van der Waals surface area (Å²) in [5, 5.41) is 20.1. The van der Waals surface area contributed by atoms with E-state index in [1.54, 1.807) is 12.1 Å². The minimum Gasteiger partial charge on any atom is -0.324 e. The summed E-state index contributed by atoms with van der Waals surface area (Å²) >= 11 is 0. The van der Waals surface area contributed by atoms with Gasteiger partial charge in [0.1, 0.15) is 18.2 Å². The second-order valence-electron chi connectivity index (χ2n) is 5.51. The highest BCUT2D eigenvalue weighted by molar-refractivity contribution is 5.91. The predicted octanol–water partition coefficient (Wildman–Crippen LogP) is 2.03. The molecule has 1 aliphatic heterocycles. The lowest BCUT2D eigenvalue weighted by Crippen LogP contribution is -2.25. The zero-order valence-corrected chi connectivity index (χ0v) is 14.0. The number of rotatable bonds is 5. The zero-order chi connectivity index (χ0) is 17.1. The molecule has 2 N–H and O–H groups in total. The van der Waals surface area contributed by atoms with Crippen molar-refractivity contribution < 1.29 is 14.1 Å². The maximum atomic E-state index is 14.4. The van der Waals surface area contributed by atoms with Crippen LogP contribution in [0.5, 0.6) is 0 Å². The highest BCUT2D eigenvalue weighted by atomic mass is 35.5. The van der Waals surface area contributed by atoms with Crippen molar-refractivity contribution in [2.24, 2.45) is 0 Å². The molecule has 0 radical (unpaired) electrons. The fraction of sp³-hybridized carbons (Fsp3) is 0.333. The molecule has 1 amide bonds. The Bertz CT molecular complexity index is 795. The van der Waals surface area contributed by atoms with E-state index in [4.69, 9.17) is 0 Å². The van der Waals surface area contributed by atoms with Gasteiger partial charge in [-0.3, -0.25) is 19.6 Å². The Hall–Kier alpha value is -2.52. The Kier molecular flexibility index (Phi) is 6.05. The first-order valence-electron chi connectivity index (χ1n) is 7.52. The number of nitrogens with zero attached hydrogens (tertiary/aromatic N) is 3. The standard InChI is InChI=1S/C15H16FN5O3.ClH/c16-15-12-3-5-17-7-10(12)1-2-13(15)19-14(22)4-6-20-9-11(8-18-20)21(23)24;/h1-2,8-9,17H,3-7H2,(H,19,22);1H. The Balaban J connectivity index is 0.00000225. The van der Waals surface area contributed by atoms with E-state index in [0.717, 1.165) is 11.8 Å². The van der Waals surface area contributed by atoms with Crippen molar-refractivity contribution in [2.75, 3.05) is 11.9 Å². The van der Waals surface area contributed by atoms with Crippen molar-refractivity contribution in [3.8, 4) is 0 Å². The van der Waals surface area contributed by atoms with Gasteiger partial charge >= 0.3 is 5.69 Å². The highest BCUT2D eigenvalue weighted by Gasteiger charge is 2.17. The van der Waals surface area contributed by atoms with Crippen LogP contribution in [0, 0.1) is 15.9 Å². The van der Waals surface area contributed by atoms with Crippen LogP contribution >= 0.6 is 12.4 Å². The molecular formula is C15H17ClFN5O3. The molecule has 0 bridgehead atoms. The molecule has 1 aromatic heterocycles. The molecule has 3 rings (SSSR count). The first kappa shape index (κ1) is 18.8. The number of anilines is 1. The van der Waals surface area contributed by atoms with Crippen molar-refractivity contribution in [1.82, 2.24) is 15.1 Å². The number of aryl methyl sites for hydroxylation is 1. The van der Waals surface area contributed by atoms with E-state index >= 15 is 0 Å². The van der Waals surface area contributed by atoms with Crippen LogP contribution in [0.3, 0.4) is 0 Å². The third kappa shape index (κ3) is 4.31. The summed E-state index contributed by atoms with van der Waals surface area (Å²) in [6, 6.07) is 3.36. The smallest absolute Gasteiger partial charge is 0.306 e. The van der Waals surface area contributed by atoms with Crippen molar-refractivity contribution in [3.05, 3.63) is 51.6 Å². The Morgan fingerprint density at radius 1 is 1.48 bits per heavy atom. The summed E-state index contributed by atoms with van der Waals surface area (Å²) in [6.45, 7) is 1.51. The van der Waals surface area contributed by atoms with Gasteiger partial charge in [-0.2, -0.15) is 5.10 Å². The second kappa shape index (κ2) is 8.04. The van der Waals surface area contributed by atoms with Gasteiger partial charge in [-0.25, -0.2) is 4.39 Å². The van der Waals surface area contributed by atoms with E-state index in [0.29, 0.717) is 25.1 Å². The molecule has 8 nitrogen and oxygen atoms in total. The number of aromatic nitrogens is 2. The molecule has 1 aromatic carbocycles. The first-order chi connectivity index (χ1) is 11.5. The topological polar surface area (TPSA) is 102 Å². The third-order valence-corrected chi connectivity index (χ3v) is 3.88. The normalized spacial score (nSPS) is 12.8. The molecule has 0 fully saturated rings. The van der Waals surface area contributed by atoms with Crippen molar-refractivity contribution in [1.29, 1.82) is 0 Å². The monoisotopic (exact) mass is 369 g/mol. The molecule has 0 saturated carbocycles. The van der Waals surface area contributed by atoms with E-state index < -0.39 is 10.7 Å². The summed E-state index contributed by atoms with van der Waals surface area (Å²) in [5.41, 5.74) is 1.56. The van der Waals surface area contributed by atoms with Gasteiger partial charge in [-0.05, 0) is 30.2 Å². The van der Waals surface area contributed by atoms with Crippen LogP contribution in [0.1, 0.15) is 17.5 Å². The molecule has 0 unspecified atom stereocenters. The molecule has 134 valence electrons. The molecule has 0 atom stereocenters. The summed E-state index contributed by atoms with van der Waals surface area (Å²) in [5.74, 6) is -0.766. The van der Waals surface area contributed by atoms with E-state index in [9.17, 15) is 19.3 Å². The van der Waals surface area contributed by atoms with Gasteiger partial charge < -0.3 is 10.6 Å². The third-order valence-electron chi connectivity index (χ3n) is 3.88. The van der Waals surface area contributed by atoms with Gasteiger partial charge in [0.25, 0.3) is 0 Å². The van der Waals surface area contributed by atoms with Crippen LogP contribution in [-0.4, -0.2) is 27.2 Å². The number of amides is 1. The number of nitrogens with one attached hydrogen (secondary N) is 2. The SMILES string of the molecule is Cl.O=C(CCn1cc([N+](=O)[O-])cn1)Nc1ccc2c(c1F)CCNC2. The second-order valence-corrected chi connectivity index (χ2v) is 5.51. The van der Waals surface area contributed by atoms with E-state index in [1.807, 2.05) is 0 Å². The molecule has 10 heteroatoms. The lowest BCUT2D eigenvalue weighted by Gasteiger charge is -2.19. The lowest BCUT2D eigenvalue weighted by atomic mass is 9.99. The van der Waals surface area contributed by atoms with Crippen LogP contribution in [-0.2, 0) is 24.3 Å². The largest absolute Gasteiger partial charge is 0.324 e. The predicted molar refractivity (Wildman–Crippen MR) is 91.2 cm³/mol. The highest BCUT2D eigenvalue weighted by Crippen LogP contribution is 2.24. The lowest BCUT2D eigenvalue weighted by molar-refractivity contribution is -0.385. The van der Waals surface area contributed by atoms with E-state index in [2.05, 4.69) is 15.7 Å². The molecule has 1 aliphatic rings. The molecule has 0 saturated heterocycles. The minimum absolute atomic E-state index is 0. The van der Waals surface area contributed by atoms with E-state index in [-0.39, 0.29) is 42.7 Å². The average Bonchev–Trinajstić information content (AvgIpc) is 3.05. The van der Waals surface area contributed by atoms with Gasteiger partial charge in [-0.1, -0.05) is 6.07 Å². The summed E-state index contributed by atoms with van der Waals surface area (Å²) in [7, 11) is 0. The molecule has 2 aromatic rings. The fourth-order valence-electron chi connectivity index (χ4n) is 2.63. The van der Waals surface area contributed by atoms with Crippen molar-refractivity contribution in [2.45, 2.75) is 25.9 Å². The number of hydrogen-bond donors (Lipinski definition) is 2. The minimum atomic E-state index is -0.555. The number of nitro groups is 1. The van der Waals surface area contributed by atoms with E-state index in [1.165, 1.54) is 10.9 Å². The number of hydrogen-bond acceptors (Lipinski definition) is 5. The number of benzene rings is 1. The van der Waals surface area contributed by atoms with Gasteiger partial charge in [0.15, 0.2) is 0 Å². The van der Waals surface area contributed by atoms with Gasteiger partial charge in [0.2, 0.25) is 5.91 Å². The van der Waals surface area contributed by atoms with Crippen LogP contribution in [0.4, 0.5) is 15.8 Å². The van der Waals surface area contributed by atoms with Crippen LogP contribution in [0.15, 0.2) is 24.5 Å².